The first-order valence-corrected chi connectivity index (χ1v) is 25.2. The number of aromatic amines is 1. The Labute approximate surface area is 423 Å². The first-order valence-electron chi connectivity index (χ1n) is 25.2. The van der Waals surface area contributed by atoms with Crippen molar-refractivity contribution in [3.8, 4) is 5.75 Å². The lowest BCUT2D eigenvalue weighted by molar-refractivity contribution is -0.605. The van der Waals surface area contributed by atoms with Gasteiger partial charge in [0.1, 0.15) is 5.75 Å². The maximum absolute atomic E-state index is 11.2. The van der Waals surface area contributed by atoms with Crippen molar-refractivity contribution in [1.82, 2.24) is 31.4 Å². The van der Waals surface area contributed by atoms with Gasteiger partial charge >= 0.3 is 0 Å². The summed E-state index contributed by atoms with van der Waals surface area (Å²) >= 11 is 0. The number of nitrogens with zero attached hydrogens (tertiary/aromatic N) is 3. The van der Waals surface area contributed by atoms with Gasteiger partial charge in [0.25, 0.3) is 0 Å². The fourth-order valence-corrected chi connectivity index (χ4v) is 8.19. The quantitative estimate of drug-likeness (QED) is 0.0611. The van der Waals surface area contributed by atoms with E-state index in [9.17, 15) is 10.3 Å². The van der Waals surface area contributed by atoms with Gasteiger partial charge in [-0.05, 0) is 148 Å². The summed E-state index contributed by atoms with van der Waals surface area (Å²) in [4.78, 5) is 0. The first-order chi connectivity index (χ1) is 32.2. The van der Waals surface area contributed by atoms with E-state index in [1.165, 1.54) is 38.9 Å². The number of hydrogen-bond acceptors (Lipinski definition) is 7. The minimum absolute atomic E-state index is 0.0145. The molecule has 6 rings (SSSR count). The minimum Gasteiger partial charge on any atom is -0.619 e. The Morgan fingerprint density at radius 1 is 0.457 bits per heavy atom. The van der Waals surface area contributed by atoms with Crippen molar-refractivity contribution in [3.63, 3.8) is 0 Å². The lowest BCUT2D eigenvalue weighted by Gasteiger charge is -2.30. The number of pyridine rings is 1. The molecular weight excluding hydrogens is 863 g/mol. The van der Waals surface area contributed by atoms with Crippen molar-refractivity contribution >= 4 is 0 Å². The fourth-order valence-electron chi connectivity index (χ4n) is 8.19. The van der Waals surface area contributed by atoms with Crippen LogP contribution in [-0.2, 0) is 35.5 Å². The summed E-state index contributed by atoms with van der Waals surface area (Å²) in [6.45, 7) is 39.8. The Hall–Kier alpha value is -5.35. The standard InChI is InChI=1S/C22H31NO.C21H30N2O.C18H28N4/c1-21(2,3)18-11-9-17(10-12-18)20(23-22(4,5)6)15-16-7-13-19(24)14-8-16;1-20(2,3)18-9-7-17(8-10-18)19(22-21(4,5)6)15-16-11-13-23(24)14-12-16;1-17(2,3)14-9-7-13(8-10-14)16(20-18(4,5)6)11-15-12-19-22-21-15/h7-14,20,23-24H,15H2,1-6H3;7-14,19,22H,15H2,1-6H3;7-10,12,16,20H,11H2,1-6H3,(H,19,21,22)/t20-;19-;16-/m111/s1. The van der Waals surface area contributed by atoms with E-state index >= 15 is 0 Å². The van der Waals surface area contributed by atoms with Gasteiger partial charge in [0.15, 0.2) is 12.4 Å². The molecule has 0 aliphatic heterocycles. The molecular formula is C61H89N7O2. The Balaban J connectivity index is 0.000000229. The van der Waals surface area contributed by atoms with Gasteiger partial charge in [0.2, 0.25) is 0 Å². The van der Waals surface area contributed by atoms with Crippen molar-refractivity contribution in [3.05, 3.63) is 183 Å². The predicted molar refractivity (Wildman–Crippen MR) is 293 cm³/mol. The lowest BCUT2D eigenvalue weighted by Crippen LogP contribution is -2.39. The number of phenolic OH excluding ortho intramolecular Hbond substituents is 1. The molecule has 6 aromatic rings. The van der Waals surface area contributed by atoms with Crippen molar-refractivity contribution in [2.75, 3.05) is 0 Å². The lowest BCUT2D eigenvalue weighted by atomic mass is 9.85. The highest BCUT2D eigenvalue weighted by atomic mass is 16.5. The highest BCUT2D eigenvalue weighted by Crippen LogP contribution is 2.30. The van der Waals surface area contributed by atoms with Gasteiger partial charge in [-0.25, -0.2) is 0 Å². The summed E-state index contributed by atoms with van der Waals surface area (Å²) in [6, 6.07) is 38.7. The van der Waals surface area contributed by atoms with Crippen molar-refractivity contribution in [2.24, 2.45) is 0 Å². The van der Waals surface area contributed by atoms with Crippen LogP contribution >= 0.6 is 0 Å². The molecule has 0 saturated carbocycles. The molecule has 3 atom stereocenters. The minimum atomic E-state index is 0.0145. The Kier molecular flexibility index (Phi) is 19.4. The van der Waals surface area contributed by atoms with E-state index < -0.39 is 0 Å². The Morgan fingerprint density at radius 2 is 0.771 bits per heavy atom. The van der Waals surface area contributed by atoms with Crippen molar-refractivity contribution in [1.29, 1.82) is 0 Å². The summed E-state index contributed by atoms with van der Waals surface area (Å²) in [5.41, 5.74) is 11.8. The second-order valence-electron chi connectivity index (χ2n) is 25.3. The van der Waals surface area contributed by atoms with Crippen molar-refractivity contribution in [2.45, 2.75) is 195 Å². The molecule has 380 valence electrons. The number of rotatable bonds is 12. The highest BCUT2D eigenvalue weighted by molar-refractivity contribution is 5.34. The second-order valence-corrected chi connectivity index (χ2v) is 25.3. The van der Waals surface area contributed by atoms with Gasteiger partial charge in [-0.2, -0.15) is 20.1 Å². The van der Waals surface area contributed by atoms with Crippen LogP contribution in [0.3, 0.4) is 0 Å². The van der Waals surface area contributed by atoms with E-state index in [-0.39, 0.29) is 51.0 Å². The third-order valence-electron chi connectivity index (χ3n) is 11.9. The molecule has 9 nitrogen and oxygen atoms in total. The molecule has 0 radical (unpaired) electrons. The molecule has 0 spiro atoms. The molecule has 0 fully saturated rings. The number of H-pyrrole nitrogens is 1. The number of benzene rings is 4. The van der Waals surface area contributed by atoms with Gasteiger partial charge in [0, 0.05) is 53.3 Å². The summed E-state index contributed by atoms with van der Waals surface area (Å²) in [7, 11) is 0. The summed E-state index contributed by atoms with van der Waals surface area (Å²) in [5.74, 6) is 0.314. The molecule has 2 heterocycles. The van der Waals surface area contributed by atoms with Crippen LogP contribution in [0.15, 0.2) is 128 Å². The molecule has 4 aromatic carbocycles. The Morgan fingerprint density at radius 3 is 1.06 bits per heavy atom. The van der Waals surface area contributed by atoms with Crippen LogP contribution in [0.1, 0.15) is 193 Å². The van der Waals surface area contributed by atoms with E-state index in [1.54, 1.807) is 30.7 Å². The van der Waals surface area contributed by atoms with Crippen LogP contribution in [0, 0.1) is 5.21 Å². The molecule has 0 unspecified atom stereocenters. The number of aromatic nitrogens is 4. The smallest absolute Gasteiger partial charge is 0.180 e. The first kappa shape index (κ1) is 57.2. The topological polar surface area (TPSA) is 125 Å². The van der Waals surface area contributed by atoms with Gasteiger partial charge in [-0.3, -0.25) is 0 Å². The highest BCUT2D eigenvalue weighted by Gasteiger charge is 2.24. The van der Waals surface area contributed by atoms with Gasteiger partial charge in [-0.15, -0.1) is 0 Å². The summed E-state index contributed by atoms with van der Waals surface area (Å²) < 4.78 is 0.827. The molecule has 0 aliphatic carbocycles. The molecule has 9 heteroatoms. The summed E-state index contributed by atoms with van der Waals surface area (Å²) in [6.07, 6.45) is 7.49. The predicted octanol–water partition coefficient (Wildman–Crippen LogP) is 13.4. The SMILES string of the molecule is CC(C)(C)N[C@H](Cc1cc[n+]([O-])cc1)c1ccc(C(C)(C)C)cc1.CC(C)(C)N[C@H](Cc1ccc(O)cc1)c1ccc(C(C)(C)C)cc1.CC(C)(C)N[C@H](Cc1cn[nH]n1)c1ccc(C(C)(C)C)cc1. The summed E-state index contributed by atoms with van der Waals surface area (Å²) in [5, 5.41) is 42.6. The van der Waals surface area contributed by atoms with Crippen LogP contribution in [0.4, 0.5) is 0 Å². The molecule has 2 aromatic heterocycles. The fraction of sp³-hybridized carbons (Fsp3) is 0.492. The zero-order chi connectivity index (χ0) is 52.3. The Bertz CT molecular complexity index is 2300. The van der Waals surface area contributed by atoms with E-state index in [0.29, 0.717) is 5.75 Å². The molecule has 5 N–H and O–H groups in total. The maximum atomic E-state index is 11.2. The number of hydrogen-bond donors (Lipinski definition) is 5. The van der Waals surface area contributed by atoms with Crippen LogP contribution in [0.5, 0.6) is 5.75 Å². The van der Waals surface area contributed by atoms with E-state index in [0.717, 1.165) is 35.3 Å². The average Bonchev–Trinajstić information content (AvgIpc) is 3.76. The second kappa shape index (κ2) is 23.7. The zero-order valence-corrected chi connectivity index (χ0v) is 46.2. The van der Waals surface area contributed by atoms with Gasteiger partial charge in [0.05, 0.1) is 11.9 Å². The third-order valence-corrected chi connectivity index (χ3v) is 11.9. The van der Waals surface area contributed by atoms with Crippen LogP contribution in [-0.4, -0.2) is 37.1 Å². The maximum Gasteiger partial charge on any atom is 0.180 e. The van der Waals surface area contributed by atoms with Gasteiger partial charge in [-0.1, -0.05) is 147 Å². The molecule has 0 amide bonds. The number of nitrogens with one attached hydrogen (secondary N) is 4. The van der Waals surface area contributed by atoms with Gasteiger partial charge < -0.3 is 26.3 Å². The van der Waals surface area contributed by atoms with Crippen molar-refractivity contribution < 1.29 is 9.84 Å². The van der Waals surface area contributed by atoms with Crippen LogP contribution < -0.4 is 20.7 Å². The zero-order valence-electron chi connectivity index (χ0n) is 46.2. The van der Waals surface area contributed by atoms with E-state index in [2.05, 4.69) is 229 Å². The third kappa shape index (κ3) is 20.2. The monoisotopic (exact) mass is 952 g/mol. The van der Waals surface area contributed by atoms with E-state index in [1.807, 2.05) is 24.3 Å². The average molecular weight is 952 g/mol. The number of phenols is 1. The molecule has 0 aliphatic rings. The van der Waals surface area contributed by atoms with E-state index in [4.69, 9.17) is 0 Å². The molecule has 0 saturated heterocycles. The molecule has 70 heavy (non-hydrogen) atoms. The van der Waals surface area contributed by atoms with Crippen LogP contribution in [0.25, 0.3) is 0 Å². The normalized spacial score (nSPS) is 13.9. The largest absolute Gasteiger partial charge is 0.619 e. The molecule has 0 bridgehead atoms. The number of aromatic hydroxyl groups is 1. The van der Waals surface area contributed by atoms with Crippen LogP contribution in [0.2, 0.25) is 0 Å².